The maximum absolute atomic E-state index is 11.1. The fourth-order valence-electron chi connectivity index (χ4n) is 1.16. The molecule has 0 aliphatic heterocycles. The van der Waals surface area contributed by atoms with Crippen molar-refractivity contribution >= 4 is 17.6 Å². The molecule has 1 aromatic rings. The van der Waals surface area contributed by atoms with Crippen molar-refractivity contribution in [3.8, 4) is 17.2 Å². The van der Waals surface area contributed by atoms with Gasteiger partial charge in [-0.25, -0.2) is 0 Å². The van der Waals surface area contributed by atoms with E-state index in [9.17, 15) is 4.79 Å². The average molecular weight is 245 g/mol. The van der Waals surface area contributed by atoms with Gasteiger partial charge in [-0.1, -0.05) is 18.5 Å². The minimum absolute atomic E-state index is 0.298. The van der Waals surface area contributed by atoms with Crippen molar-refractivity contribution in [2.24, 2.45) is 0 Å². The van der Waals surface area contributed by atoms with Gasteiger partial charge in [0.2, 0.25) is 0 Å². The lowest BCUT2D eigenvalue weighted by molar-refractivity contribution is -0.134. The van der Waals surface area contributed by atoms with E-state index < -0.39 is 0 Å². The summed E-state index contributed by atoms with van der Waals surface area (Å²) in [5.74, 6) is 0.854. The van der Waals surface area contributed by atoms with Crippen molar-refractivity contribution in [2.45, 2.75) is 13.3 Å². The third-order valence-corrected chi connectivity index (χ3v) is 2.21. The first-order valence-corrected chi connectivity index (χ1v) is 5.12. The summed E-state index contributed by atoms with van der Waals surface area (Å²) in [6.07, 6.45) is 0.298. The van der Waals surface area contributed by atoms with Crippen molar-refractivity contribution < 1.29 is 19.0 Å². The van der Waals surface area contributed by atoms with Crippen molar-refractivity contribution in [3.63, 3.8) is 0 Å². The van der Waals surface area contributed by atoms with Gasteiger partial charge in [-0.2, -0.15) is 0 Å². The second-order valence-electron chi connectivity index (χ2n) is 2.97. The summed E-state index contributed by atoms with van der Waals surface area (Å²) in [6.45, 7) is 1.71. The van der Waals surface area contributed by atoms with Crippen LogP contribution < -0.4 is 14.2 Å². The van der Waals surface area contributed by atoms with Gasteiger partial charge in [-0.3, -0.25) is 4.79 Å². The van der Waals surface area contributed by atoms with Crippen molar-refractivity contribution in [3.05, 3.63) is 17.2 Å². The van der Waals surface area contributed by atoms with Gasteiger partial charge in [0.25, 0.3) is 0 Å². The van der Waals surface area contributed by atoms with Crippen LogP contribution in [-0.2, 0) is 4.79 Å². The highest BCUT2D eigenvalue weighted by atomic mass is 35.5. The van der Waals surface area contributed by atoms with E-state index in [1.54, 1.807) is 13.0 Å². The molecular formula is C11H13ClO4. The zero-order chi connectivity index (χ0) is 12.1. The maximum atomic E-state index is 11.1. The average Bonchev–Trinajstić information content (AvgIpc) is 2.28. The lowest BCUT2D eigenvalue weighted by atomic mass is 10.3. The molecule has 0 aromatic heterocycles. The molecule has 0 bridgehead atoms. The zero-order valence-electron chi connectivity index (χ0n) is 9.37. The Morgan fingerprint density at radius 3 is 2.50 bits per heavy atom. The standard InChI is InChI=1S/C11H13ClO4/c1-4-10(13)16-7-5-8(12)11(15-3)9(6-7)14-2/h5-6H,4H2,1-3H3. The third-order valence-electron chi connectivity index (χ3n) is 1.93. The highest BCUT2D eigenvalue weighted by Crippen LogP contribution is 2.38. The minimum Gasteiger partial charge on any atom is -0.493 e. The molecule has 88 valence electrons. The van der Waals surface area contributed by atoms with Crippen LogP contribution >= 0.6 is 11.6 Å². The third kappa shape index (κ3) is 2.79. The van der Waals surface area contributed by atoms with E-state index in [1.165, 1.54) is 20.3 Å². The minimum atomic E-state index is -0.330. The number of ether oxygens (including phenoxy) is 3. The Morgan fingerprint density at radius 1 is 1.31 bits per heavy atom. The summed E-state index contributed by atoms with van der Waals surface area (Å²) < 4.78 is 15.2. The second kappa shape index (κ2) is 5.61. The van der Waals surface area contributed by atoms with Gasteiger partial charge in [-0.15, -0.1) is 0 Å². The Hall–Kier alpha value is -1.42. The van der Waals surface area contributed by atoms with Crippen LogP contribution in [-0.4, -0.2) is 20.2 Å². The van der Waals surface area contributed by atoms with Crippen LogP contribution in [0.25, 0.3) is 0 Å². The van der Waals surface area contributed by atoms with Crippen LogP contribution in [0.5, 0.6) is 17.2 Å². The Bertz CT molecular complexity index is 390. The lowest BCUT2D eigenvalue weighted by Crippen LogP contribution is -2.05. The number of halogens is 1. The predicted molar refractivity (Wildman–Crippen MR) is 60.5 cm³/mol. The van der Waals surface area contributed by atoms with Crippen molar-refractivity contribution in [1.29, 1.82) is 0 Å². The summed E-state index contributed by atoms with van der Waals surface area (Å²) in [5, 5.41) is 0.334. The lowest BCUT2D eigenvalue weighted by Gasteiger charge is -2.11. The molecule has 16 heavy (non-hydrogen) atoms. The summed E-state index contributed by atoms with van der Waals surface area (Å²) in [5.41, 5.74) is 0. The molecule has 0 amide bonds. The molecule has 0 aliphatic rings. The highest BCUT2D eigenvalue weighted by Gasteiger charge is 2.13. The van der Waals surface area contributed by atoms with Gasteiger partial charge >= 0.3 is 5.97 Å². The van der Waals surface area contributed by atoms with Crippen molar-refractivity contribution in [2.75, 3.05) is 14.2 Å². The Morgan fingerprint density at radius 2 is 2.00 bits per heavy atom. The van der Waals surface area contributed by atoms with E-state index in [0.29, 0.717) is 28.7 Å². The molecule has 1 rings (SSSR count). The zero-order valence-corrected chi connectivity index (χ0v) is 10.1. The summed E-state index contributed by atoms with van der Waals surface area (Å²) in [4.78, 5) is 11.1. The Balaban J connectivity index is 3.05. The Kier molecular flexibility index (Phi) is 4.43. The van der Waals surface area contributed by atoms with E-state index in [4.69, 9.17) is 25.8 Å². The molecule has 0 unspecified atom stereocenters. The number of hydrogen-bond acceptors (Lipinski definition) is 4. The second-order valence-corrected chi connectivity index (χ2v) is 3.38. The topological polar surface area (TPSA) is 44.8 Å². The van der Waals surface area contributed by atoms with Gasteiger partial charge in [-0.05, 0) is 0 Å². The summed E-state index contributed by atoms with van der Waals surface area (Å²) >= 11 is 5.94. The van der Waals surface area contributed by atoms with Gasteiger partial charge in [0.15, 0.2) is 11.5 Å². The smallest absolute Gasteiger partial charge is 0.310 e. The van der Waals surface area contributed by atoms with Gasteiger partial charge in [0.05, 0.1) is 19.2 Å². The molecule has 4 nitrogen and oxygen atoms in total. The molecule has 0 aliphatic carbocycles. The number of hydrogen-bond donors (Lipinski definition) is 0. The molecule has 0 radical (unpaired) electrons. The number of esters is 1. The van der Waals surface area contributed by atoms with E-state index in [2.05, 4.69) is 0 Å². The molecule has 0 saturated heterocycles. The number of benzene rings is 1. The molecule has 0 N–H and O–H groups in total. The fraction of sp³-hybridized carbons (Fsp3) is 0.364. The quantitative estimate of drug-likeness (QED) is 0.603. The first-order chi connectivity index (χ1) is 7.62. The first-order valence-electron chi connectivity index (χ1n) is 4.74. The largest absolute Gasteiger partial charge is 0.493 e. The number of carbonyl (C=O) groups is 1. The molecule has 0 spiro atoms. The predicted octanol–water partition coefficient (Wildman–Crippen LogP) is 2.67. The molecule has 0 saturated carbocycles. The van der Waals surface area contributed by atoms with E-state index in [1.807, 2.05) is 0 Å². The highest BCUT2D eigenvalue weighted by molar-refractivity contribution is 6.32. The van der Waals surface area contributed by atoms with Crippen LogP contribution in [0, 0.1) is 0 Å². The van der Waals surface area contributed by atoms with Crippen LogP contribution in [0.3, 0.4) is 0 Å². The first kappa shape index (κ1) is 12.6. The van der Waals surface area contributed by atoms with E-state index in [0.717, 1.165) is 0 Å². The van der Waals surface area contributed by atoms with Crippen LogP contribution in [0.4, 0.5) is 0 Å². The normalized spacial score (nSPS) is 9.75. The number of methoxy groups -OCH3 is 2. The summed E-state index contributed by atoms with van der Waals surface area (Å²) in [7, 11) is 2.97. The molecule has 5 heteroatoms. The van der Waals surface area contributed by atoms with Crippen LogP contribution in [0.2, 0.25) is 5.02 Å². The van der Waals surface area contributed by atoms with Gasteiger partial charge in [0.1, 0.15) is 5.75 Å². The fourth-order valence-corrected chi connectivity index (χ4v) is 1.43. The molecule has 1 aromatic carbocycles. The van der Waals surface area contributed by atoms with E-state index in [-0.39, 0.29) is 5.97 Å². The van der Waals surface area contributed by atoms with Crippen LogP contribution in [0.15, 0.2) is 12.1 Å². The number of carbonyl (C=O) groups excluding carboxylic acids is 1. The molecule has 0 fully saturated rings. The maximum Gasteiger partial charge on any atom is 0.310 e. The van der Waals surface area contributed by atoms with E-state index >= 15 is 0 Å². The monoisotopic (exact) mass is 244 g/mol. The van der Waals surface area contributed by atoms with Gasteiger partial charge in [0, 0.05) is 18.6 Å². The number of rotatable bonds is 4. The SMILES string of the molecule is CCC(=O)Oc1cc(Cl)c(OC)c(OC)c1. The van der Waals surface area contributed by atoms with Crippen LogP contribution in [0.1, 0.15) is 13.3 Å². The summed E-state index contributed by atoms with van der Waals surface area (Å²) in [6, 6.07) is 3.06. The molecular weight excluding hydrogens is 232 g/mol. The van der Waals surface area contributed by atoms with Crippen molar-refractivity contribution in [1.82, 2.24) is 0 Å². The molecule has 0 atom stereocenters. The van der Waals surface area contributed by atoms with Gasteiger partial charge < -0.3 is 14.2 Å². The Labute approximate surface area is 99.1 Å². The molecule has 0 heterocycles.